The quantitative estimate of drug-likeness (QED) is 0.635. The standard InChI is InChI=1S/C27H41N5O3/c1-20(22-6-4-3-5-7-22)12-25(33)30-10-8-27(35,9-11-30)18-31-19-28-24(14-26(31)34)32-16-21-13-23(32)17-29(2)15-21/h3-7,20-21,23-24,28,35H,8-19H2,1-2H3/t20-,21-,23+,24?/m1/s1. The van der Waals surface area contributed by atoms with Crippen molar-refractivity contribution in [3.8, 4) is 0 Å². The zero-order chi connectivity index (χ0) is 24.6. The van der Waals surface area contributed by atoms with Crippen molar-refractivity contribution in [1.82, 2.24) is 24.9 Å². The minimum absolute atomic E-state index is 0.0981. The third kappa shape index (κ3) is 5.56. The van der Waals surface area contributed by atoms with Gasteiger partial charge in [0.1, 0.15) is 0 Å². The Hall–Kier alpha value is -2.00. The van der Waals surface area contributed by atoms with Crippen LogP contribution in [0.15, 0.2) is 30.3 Å². The summed E-state index contributed by atoms with van der Waals surface area (Å²) in [7, 11) is 2.19. The van der Waals surface area contributed by atoms with Gasteiger partial charge in [-0.15, -0.1) is 0 Å². The molecule has 0 saturated carbocycles. The number of amides is 2. The maximum absolute atomic E-state index is 13.0. The Labute approximate surface area is 209 Å². The van der Waals surface area contributed by atoms with E-state index in [4.69, 9.17) is 0 Å². The molecule has 4 fully saturated rings. The molecule has 5 rings (SSSR count). The molecule has 2 amide bonds. The van der Waals surface area contributed by atoms with E-state index in [2.05, 4.69) is 41.2 Å². The largest absolute Gasteiger partial charge is 0.388 e. The molecule has 1 aromatic carbocycles. The Bertz CT molecular complexity index is 903. The number of nitrogens with zero attached hydrogens (tertiary/aromatic N) is 4. The van der Waals surface area contributed by atoms with E-state index in [9.17, 15) is 14.7 Å². The Morgan fingerprint density at radius 1 is 1.17 bits per heavy atom. The highest BCUT2D eigenvalue weighted by atomic mass is 16.3. The highest BCUT2D eigenvalue weighted by Gasteiger charge is 2.44. The van der Waals surface area contributed by atoms with Crippen LogP contribution >= 0.6 is 0 Å². The van der Waals surface area contributed by atoms with Gasteiger partial charge in [0.25, 0.3) is 0 Å². The van der Waals surface area contributed by atoms with Gasteiger partial charge in [0.2, 0.25) is 11.8 Å². The highest BCUT2D eigenvalue weighted by molar-refractivity contribution is 5.78. The van der Waals surface area contributed by atoms with E-state index in [1.807, 2.05) is 23.1 Å². The fourth-order valence-electron chi connectivity index (χ4n) is 6.64. The zero-order valence-corrected chi connectivity index (χ0v) is 21.2. The Balaban J connectivity index is 1.09. The van der Waals surface area contributed by atoms with Crippen LogP contribution in [0.3, 0.4) is 0 Å². The number of hydrogen-bond acceptors (Lipinski definition) is 6. The molecule has 2 bridgehead atoms. The van der Waals surface area contributed by atoms with Crippen LogP contribution in [0.25, 0.3) is 0 Å². The van der Waals surface area contributed by atoms with Crippen LogP contribution in [0.5, 0.6) is 0 Å². The molecule has 4 heterocycles. The average Bonchev–Trinajstić information content (AvgIpc) is 3.15. The first-order valence-corrected chi connectivity index (χ1v) is 13.3. The van der Waals surface area contributed by atoms with E-state index >= 15 is 0 Å². The molecule has 0 aliphatic carbocycles. The van der Waals surface area contributed by atoms with Gasteiger partial charge < -0.3 is 19.8 Å². The van der Waals surface area contributed by atoms with Crippen LogP contribution in [0.4, 0.5) is 0 Å². The van der Waals surface area contributed by atoms with Gasteiger partial charge in [0.05, 0.1) is 31.4 Å². The minimum Gasteiger partial charge on any atom is -0.388 e. The molecule has 2 N–H and O–H groups in total. The van der Waals surface area contributed by atoms with Gasteiger partial charge in [0, 0.05) is 45.2 Å². The van der Waals surface area contributed by atoms with E-state index in [0.29, 0.717) is 63.9 Å². The van der Waals surface area contributed by atoms with Crippen molar-refractivity contribution in [1.29, 1.82) is 0 Å². The van der Waals surface area contributed by atoms with Gasteiger partial charge in [0.15, 0.2) is 0 Å². The summed E-state index contributed by atoms with van der Waals surface area (Å²) in [6.07, 6.45) is 3.29. The number of hydrogen-bond donors (Lipinski definition) is 2. The average molecular weight is 484 g/mol. The maximum atomic E-state index is 13.0. The molecule has 192 valence electrons. The molecule has 0 spiro atoms. The summed E-state index contributed by atoms with van der Waals surface area (Å²) in [6, 6.07) is 10.7. The molecular formula is C27H41N5O3. The molecule has 1 aromatic rings. The van der Waals surface area contributed by atoms with Crippen molar-refractivity contribution in [3.63, 3.8) is 0 Å². The number of piperidine rings is 2. The van der Waals surface area contributed by atoms with Crippen LogP contribution in [0.2, 0.25) is 0 Å². The van der Waals surface area contributed by atoms with Gasteiger partial charge in [-0.2, -0.15) is 0 Å². The molecule has 35 heavy (non-hydrogen) atoms. The minimum atomic E-state index is -0.932. The van der Waals surface area contributed by atoms with Crippen molar-refractivity contribution < 1.29 is 14.7 Å². The van der Waals surface area contributed by atoms with Gasteiger partial charge in [-0.05, 0) is 43.7 Å². The van der Waals surface area contributed by atoms with Crippen LogP contribution < -0.4 is 5.32 Å². The Kier molecular flexibility index (Phi) is 7.17. The fourth-order valence-corrected chi connectivity index (χ4v) is 6.64. The lowest BCUT2D eigenvalue weighted by molar-refractivity contribution is -0.146. The first-order valence-electron chi connectivity index (χ1n) is 13.3. The molecule has 1 unspecified atom stereocenters. The summed E-state index contributed by atoms with van der Waals surface area (Å²) in [5.74, 6) is 1.14. The summed E-state index contributed by atoms with van der Waals surface area (Å²) in [4.78, 5) is 34.5. The van der Waals surface area contributed by atoms with E-state index < -0.39 is 5.60 Å². The predicted molar refractivity (Wildman–Crippen MR) is 134 cm³/mol. The number of carbonyl (C=O) groups is 2. The van der Waals surface area contributed by atoms with Crippen molar-refractivity contribution >= 4 is 11.8 Å². The number of fused-ring (bicyclic) bond motifs is 2. The third-order valence-electron chi connectivity index (χ3n) is 8.66. The number of β-amino-alcohol motifs (C(OH)–C–C–N with tert-alkyl or cyclic N) is 1. The number of benzene rings is 1. The molecule has 0 radical (unpaired) electrons. The molecular weight excluding hydrogens is 442 g/mol. The van der Waals surface area contributed by atoms with Crippen molar-refractivity contribution in [3.05, 3.63) is 35.9 Å². The topological polar surface area (TPSA) is 79.4 Å². The van der Waals surface area contributed by atoms with Gasteiger partial charge >= 0.3 is 0 Å². The van der Waals surface area contributed by atoms with E-state index in [0.717, 1.165) is 19.6 Å². The van der Waals surface area contributed by atoms with Crippen LogP contribution in [0, 0.1) is 5.92 Å². The van der Waals surface area contributed by atoms with E-state index in [1.54, 1.807) is 4.90 Å². The first kappa shape index (κ1) is 24.7. The van der Waals surface area contributed by atoms with Crippen molar-refractivity contribution in [2.45, 2.75) is 62.8 Å². The number of likely N-dealkylation sites (N-methyl/N-ethyl adjacent to an activating group) is 1. The summed E-state index contributed by atoms with van der Waals surface area (Å²) >= 11 is 0. The zero-order valence-electron chi connectivity index (χ0n) is 21.2. The molecule has 4 aliphatic heterocycles. The van der Waals surface area contributed by atoms with Crippen molar-refractivity contribution in [2.24, 2.45) is 5.92 Å². The van der Waals surface area contributed by atoms with Crippen LogP contribution in [-0.4, -0.2) is 107 Å². The SMILES string of the molecule is C[C@H](CC(=O)N1CCC(O)(CN2CNC(N3C[C@@H]4C[C@H]3CN(C)C4)CC2=O)CC1)c1ccccc1. The second-order valence-electron chi connectivity index (χ2n) is 11.5. The van der Waals surface area contributed by atoms with Crippen LogP contribution in [-0.2, 0) is 9.59 Å². The number of nitrogens with one attached hydrogen (secondary N) is 1. The second kappa shape index (κ2) is 10.2. The molecule has 4 aliphatic rings. The second-order valence-corrected chi connectivity index (χ2v) is 11.5. The maximum Gasteiger partial charge on any atom is 0.226 e. The lowest BCUT2D eigenvalue weighted by Gasteiger charge is -2.44. The Morgan fingerprint density at radius 2 is 1.91 bits per heavy atom. The lowest BCUT2D eigenvalue weighted by Crippen LogP contribution is -2.62. The summed E-state index contributed by atoms with van der Waals surface area (Å²) < 4.78 is 0. The molecule has 4 saturated heterocycles. The summed E-state index contributed by atoms with van der Waals surface area (Å²) in [5.41, 5.74) is 0.243. The highest BCUT2D eigenvalue weighted by Crippen LogP contribution is 2.32. The molecule has 0 aromatic heterocycles. The molecule has 8 heteroatoms. The number of aliphatic hydroxyl groups is 1. The summed E-state index contributed by atoms with van der Waals surface area (Å²) in [6.45, 7) is 7.27. The smallest absolute Gasteiger partial charge is 0.226 e. The van der Waals surface area contributed by atoms with E-state index in [1.165, 1.54) is 12.0 Å². The van der Waals surface area contributed by atoms with Gasteiger partial charge in [-0.3, -0.25) is 19.8 Å². The van der Waals surface area contributed by atoms with Crippen molar-refractivity contribution in [2.75, 3.05) is 53.0 Å². The summed E-state index contributed by atoms with van der Waals surface area (Å²) in [5, 5.41) is 14.8. The van der Waals surface area contributed by atoms with Gasteiger partial charge in [-0.1, -0.05) is 37.3 Å². The fraction of sp³-hybridized carbons (Fsp3) is 0.704. The molecule has 4 atom stereocenters. The van der Waals surface area contributed by atoms with Gasteiger partial charge in [-0.25, -0.2) is 0 Å². The monoisotopic (exact) mass is 483 g/mol. The van der Waals surface area contributed by atoms with Crippen LogP contribution in [0.1, 0.15) is 50.5 Å². The van der Waals surface area contributed by atoms with E-state index in [-0.39, 0.29) is 23.9 Å². The predicted octanol–water partition coefficient (Wildman–Crippen LogP) is 1.28. The Morgan fingerprint density at radius 3 is 2.63 bits per heavy atom. The number of carbonyl (C=O) groups excluding carboxylic acids is 2. The lowest BCUT2D eigenvalue weighted by atomic mass is 9.89. The first-order chi connectivity index (χ1) is 16.8. The number of rotatable bonds is 6. The third-order valence-corrected chi connectivity index (χ3v) is 8.66. The normalized spacial score (nSPS) is 30.5. The number of likely N-dealkylation sites (tertiary alicyclic amines) is 3. The molecule has 8 nitrogen and oxygen atoms in total.